The maximum absolute atomic E-state index is 12.5. The number of rotatable bonds is 4. The van der Waals surface area contributed by atoms with E-state index < -0.39 is 10.0 Å². The summed E-state index contributed by atoms with van der Waals surface area (Å²) in [6, 6.07) is 12.4. The first kappa shape index (κ1) is 17.9. The molecule has 0 aromatic heterocycles. The molecule has 0 saturated heterocycles. The second-order valence-electron chi connectivity index (χ2n) is 6.05. The molecule has 0 bridgehead atoms. The van der Waals surface area contributed by atoms with Crippen molar-refractivity contribution in [2.24, 2.45) is 0 Å². The van der Waals surface area contributed by atoms with Crippen LogP contribution in [0.25, 0.3) is 0 Å². The van der Waals surface area contributed by atoms with Gasteiger partial charge in [0.05, 0.1) is 11.4 Å². The van der Waals surface area contributed by atoms with Crippen molar-refractivity contribution >= 4 is 43.2 Å². The van der Waals surface area contributed by atoms with Gasteiger partial charge in [0, 0.05) is 21.8 Å². The van der Waals surface area contributed by atoms with E-state index in [0.29, 0.717) is 23.4 Å². The average Bonchev–Trinajstić information content (AvgIpc) is 2.92. The molecule has 0 fully saturated rings. The number of fused-ring (bicyclic) bond motifs is 1. The smallest absolute Gasteiger partial charge is 0.255 e. The second kappa shape index (κ2) is 6.80. The molecule has 1 atom stereocenters. The first-order chi connectivity index (χ1) is 11.8. The normalized spacial score (nSPS) is 16.6. The number of amides is 1. The molecule has 1 aliphatic heterocycles. The molecule has 1 N–H and O–H groups in total. The van der Waals surface area contributed by atoms with Gasteiger partial charge in [-0.05, 0) is 68.3 Å². The van der Waals surface area contributed by atoms with Crippen LogP contribution >= 0.6 is 15.9 Å². The predicted molar refractivity (Wildman–Crippen MR) is 104 cm³/mol. The van der Waals surface area contributed by atoms with E-state index in [1.165, 1.54) is 4.31 Å². The molecule has 1 heterocycles. The van der Waals surface area contributed by atoms with Gasteiger partial charge in [-0.25, -0.2) is 8.42 Å². The molecule has 25 heavy (non-hydrogen) atoms. The van der Waals surface area contributed by atoms with Crippen molar-refractivity contribution in [3.63, 3.8) is 0 Å². The standard InChI is InChI=1S/C18H19BrN2O3S/c1-3-25(23,24)21-12(2)10-14-11-13(4-9-17(14)21)18(22)20-16-7-5-15(19)6-8-16/h4-9,11-12H,3,10H2,1-2H3,(H,20,22)/t12-/m1/s1. The topological polar surface area (TPSA) is 66.5 Å². The molecular weight excluding hydrogens is 404 g/mol. The third-order valence-electron chi connectivity index (χ3n) is 4.26. The zero-order valence-electron chi connectivity index (χ0n) is 14.0. The van der Waals surface area contributed by atoms with Crippen molar-refractivity contribution in [3.8, 4) is 0 Å². The van der Waals surface area contributed by atoms with Gasteiger partial charge in [0.1, 0.15) is 0 Å². The molecule has 2 aromatic carbocycles. The summed E-state index contributed by atoms with van der Waals surface area (Å²) in [6.07, 6.45) is 0.605. The number of carbonyl (C=O) groups excluding carboxylic acids is 1. The summed E-state index contributed by atoms with van der Waals surface area (Å²) in [5.74, 6) is -0.155. The van der Waals surface area contributed by atoms with Gasteiger partial charge in [0.15, 0.2) is 0 Å². The van der Waals surface area contributed by atoms with Crippen LogP contribution < -0.4 is 9.62 Å². The van der Waals surface area contributed by atoms with Crippen LogP contribution in [-0.4, -0.2) is 26.1 Å². The highest BCUT2D eigenvalue weighted by atomic mass is 79.9. The Bertz CT molecular complexity index is 910. The molecule has 0 aliphatic carbocycles. The van der Waals surface area contributed by atoms with Crippen molar-refractivity contribution < 1.29 is 13.2 Å². The van der Waals surface area contributed by atoms with E-state index in [2.05, 4.69) is 21.2 Å². The third-order valence-corrected chi connectivity index (χ3v) is 6.68. The zero-order valence-corrected chi connectivity index (χ0v) is 16.4. The van der Waals surface area contributed by atoms with Gasteiger partial charge in [-0.3, -0.25) is 9.10 Å². The molecule has 1 amide bonds. The van der Waals surface area contributed by atoms with E-state index in [1.54, 1.807) is 25.1 Å². The SMILES string of the molecule is CCS(=O)(=O)N1c2ccc(C(=O)Nc3ccc(Br)cc3)cc2C[C@H]1C. The number of hydrogen-bond donors (Lipinski definition) is 1. The van der Waals surface area contributed by atoms with E-state index in [-0.39, 0.29) is 17.7 Å². The molecule has 1 aliphatic rings. The Kier molecular flexibility index (Phi) is 4.88. The van der Waals surface area contributed by atoms with Gasteiger partial charge in [-0.1, -0.05) is 15.9 Å². The number of nitrogens with one attached hydrogen (secondary N) is 1. The minimum absolute atomic E-state index is 0.0581. The van der Waals surface area contributed by atoms with Crippen molar-refractivity contribution in [2.75, 3.05) is 15.4 Å². The maximum atomic E-state index is 12.5. The number of hydrogen-bond acceptors (Lipinski definition) is 3. The van der Waals surface area contributed by atoms with Crippen LogP contribution in [0.15, 0.2) is 46.9 Å². The van der Waals surface area contributed by atoms with E-state index in [4.69, 9.17) is 0 Å². The fraction of sp³-hybridized carbons (Fsp3) is 0.278. The lowest BCUT2D eigenvalue weighted by atomic mass is 10.1. The molecule has 3 rings (SSSR count). The maximum Gasteiger partial charge on any atom is 0.255 e. The summed E-state index contributed by atoms with van der Waals surface area (Å²) in [4.78, 5) is 12.5. The Morgan fingerprint density at radius 1 is 1.24 bits per heavy atom. The van der Waals surface area contributed by atoms with Gasteiger partial charge in [-0.15, -0.1) is 0 Å². The van der Waals surface area contributed by atoms with Crippen molar-refractivity contribution in [1.82, 2.24) is 0 Å². The Hall–Kier alpha value is -1.86. The molecular formula is C18H19BrN2O3S. The van der Waals surface area contributed by atoms with E-state index in [9.17, 15) is 13.2 Å². The number of carbonyl (C=O) groups is 1. The lowest BCUT2D eigenvalue weighted by Crippen LogP contribution is -2.36. The molecule has 0 spiro atoms. The largest absolute Gasteiger partial charge is 0.322 e. The summed E-state index contributed by atoms with van der Waals surface area (Å²) in [5.41, 5.74) is 2.78. The van der Waals surface area contributed by atoms with Gasteiger partial charge < -0.3 is 5.32 Å². The Morgan fingerprint density at radius 2 is 1.92 bits per heavy atom. The van der Waals surface area contributed by atoms with Gasteiger partial charge in [0.25, 0.3) is 5.91 Å². The predicted octanol–water partition coefficient (Wildman–Crippen LogP) is 3.80. The number of nitrogens with zero attached hydrogens (tertiary/aromatic N) is 1. The van der Waals surface area contributed by atoms with Crippen molar-refractivity contribution in [2.45, 2.75) is 26.3 Å². The monoisotopic (exact) mass is 422 g/mol. The number of sulfonamides is 1. The molecule has 5 nitrogen and oxygen atoms in total. The van der Waals surface area contributed by atoms with Crippen LogP contribution in [0, 0.1) is 0 Å². The molecule has 0 radical (unpaired) electrons. The summed E-state index contributed by atoms with van der Waals surface area (Å²) < 4.78 is 27.0. The van der Waals surface area contributed by atoms with Gasteiger partial charge in [0.2, 0.25) is 10.0 Å². The number of benzene rings is 2. The minimum Gasteiger partial charge on any atom is -0.322 e. The Balaban J connectivity index is 1.86. The van der Waals surface area contributed by atoms with Crippen molar-refractivity contribution in [3.05, 3.63) is 58.1 Å². The molecule has 2 aromatic rings. The Morgan fingerprint density at radius 3 is 2.56 bits per heavy atom. The highest BCUT2D eigenvalue weighted by Crippen LogP contribution is 2.35. The van der Waals surface area contributed by atoms with E-state index in [1.807, 2.05) is 31.2 Å². The fourth-order valence-corrected chi connectivity index (χ4v) is 4.69. The number of anilines is 2. The number of halogens is 1. The highest BCUT2D eigenvalue weighted by Gasteiger charge is 2.34. The van der Waals surface area contributed by atoms with Crippen LogP contribution in [0.1, 0.15) is 29.8 Å². The van der Waals surface area contributed by atoms with Crippen LogP contribution in [0.2, 0.25) is 0 Å². The van der Waals surface area contributed by atoms with Crippen molar-refractivity contribution in [1.29, 1.82) is 0 Å². The summed E-state index contributed by atoms with van der Waals surface area (Å²) in [5, 5.41) is 2.85. The van der Waals surface area contributed by atoms with Crippen LogP contribution in [-0.2, 0) is 16.4 Å². The lowest BCUT2D eigenvalue weighted by molar-refractivity contribution is 0.102. The average molecular weight is 423 g/mol. The van der Waals surface area contributed by atoms with Crippen LogP contribution in [0.4, 0.5) is 11.4 Å². The Labute approximate surface area is 156 Å². The lowest BCUT2D eigenvalue weighted by Gasteiger charge is -2.23. The summed E-state index contributed by atoms with van der Waals surface area (Å²) in [6.45, 7) is 3.52. The fourth-order valence-electron chi connectivity index (χ4n) is 3.04. The molecule has 132 valence electrons. The van der Waals surface area contributed by atoms with Crippen LogP contribution in [0.5, 0.6) is 0 Å². The summed E-state index contributed by atoms with van der Waals surface area (Å²) in [7, 11) is -3.32. The summed E-state index contributed by atoms with van der Waals surface area (Å²) >= 11 is 3.36. The van der Waals surface area contributed by atoms with E-state index >= 15 is 0 Å². The second-order valence-corrected chi connectivity index (χ2v) is 9.10. The van der Waals surface area contributed by atoms with Gasteiger partial charge >= 0.3 is 0 Å². The third kappa shape index (κ3) is 3.57. The first-order valence-electron chi connectivity index (χ1n) is 8.04. The zero-order chi connectivity index (χ0) is 18.2. The quantitative estimate of drug-likeness (QED) is 0.814. The highest BCUT2D eigenvalue weighted by molar-refractivity contribution is 9.10. The molecule has 0 unspecified atom stereocenters. The van der Waals surface area contributed by atoms with E-state index in [0.717, 1.165) is 10.0 Å². The molecule has 0 saturated carbocycles. The van der Waals surface area contributed by atoms with Gasteiger partial charge in [-0.2, -0.15) is 0 Å². The first-order valence-corrected chi connectivity index (χ1v) is 10.4. The molecule has 7 heteroatoms. The van der Waals surface area contributed by atoms with Crippen LogP contribution in [0.3, 0.4) is 0 Å². The minimum atomic E-state index is -3.32.